The molecule has 0 saturated heterocycles. The molecule has 0 heterocycles. The molecule has 0 saturated carbocycles. The summed E-state index contributed by atoms with van der Waals surface area (Å²) in [5.74, 6) is 0. The van der Waals surface area contributed by atoms with Gasteiger partial charge in [-0.05, 0) is 93.6 Å². The fraction of sp³-hybridized carbons (Fsp3) is 0.0213. The third kappa shape index (κ3) is 6.58. The minimum atomic E-state index is 0.814. The Morgan fingerprint density at radius 3 is 1.35 bits per heavy atom. The van der Waals surface area contributed by atoms with E-state index < -0.39 is 0 Å². The van der Waals surface area contributed by atoms with Gasteiger partial charge in [0.05, 0.1) is 0 Å². The highest BCUT2D eigenvalue weighted by atomic mass is 15.1. The van der Waals surface area contributed by atoms with Gasteiger partial charge in [-0.2, -0.15) is 0 Å². The number of allylic oxidation sites excluding steroid dienone is 3. The average Bonchev–Trinajstić information content (AvgIpc) is 3.66. The summed E-state index contributed by atoms with van der Waals surface area (Å²) in [5, 5.41) is 3.70. The number of para-hydroxylation sites is 3. The van der Waals surface area contributed by atoms with Crippen LogP contribution < -0.4 is 10.2 Å². The maximum atomic E-state index is 3.70. The van der Waals surface area contributed by atoms with E-state index in [-0.39, 0.29) is 0 Å². The minimum Gasteiger partial charge on any atom is -0.355 e. The molecule has 7 aromatic carbocycles. The van der Waals surface area contributed by atoms with E-state index in [9.17, 15) is 0 Å². The molecule has 0 aromatic heterocycles. The van der Waals surface area contributed by atoms with Crippen LogP contribution in [0, 0.1) is 0 Å². The Balaban J connectivity index is 1.09. The van der Waals surface area contributed by atoms with Crippen LogP contribution >= 0.6 is 0 Å². The summed E-state index contributed by atoms with van der Waals surface area (Å²) >= 11 is 0. The van der Waals surface area contributed by atoms with Gasteiger partial charge in [-0.3, -0.25) is 0 Å². The van der Waals surface area contributed by atoms with Crippen molar-refractivity contribution in [3.63, 3.8) is 0 Å². The number of hydrogen-bond acceptors (Lipinski definition) is 2. The van der Waals surface area contributed by atoms with Crippen LogP contribution in [0.4, 0.5) is 22.7 Å². The van der Waals surface area contributed by atoms with Crippen LogP contribution in [0.1, 0.15) is 12.0 Å². The number of rotatable bonds is 9. The van der Waals surface area contributed by atoms with Crippen molar-refractivity contribution < 1.29 is 0 Å². The molecule has 0 unspecified atom stereocenters. The maximum Gasteiger partial charge on any atom is 0.0461 e. The lowest BCUT2D eigenvalue weighted by atomic mass is 9.94. The van der Waals surface area contributed by atoms with Gasteiger partial charge in [0.1, 0.15) is 0 Å². The molecule has 49 heavy (non-hydrogen) atoms. The zero-order chi connectivity index (χ0) is 32.8. The number of nitrogens with zero attached hydrogens (tertiary/aromatic N) is 1. The van der Waals surface area contributed by atoms with Crippen LogP contribution in [0.3, 0.4) is 0 Å². The highest BCUT2D eigenvalue weighted by molar-refractivity contribution is 5.87. The first kappa shape index (κ1) is 30.0. The van der Waals surface area contributed by atoms with Gasteiger partial charge in [0.25, 0.3) is 0 Å². The zero-order valence-corrected chi connectivity index (χ0v) is 27.2. The summed E-state index contributed by atoms with van der Waals surface area (Å²) in [6.07, 6.45) is 5.37. The van der Waals surface area contributed by atoms with E-state index in [1.807, 2.05) is 6.07 Å². The van der Waals surface area contributed by atoms with Crippen molar-refractivity contribution in [3.8, 4) is 33.4 Å². The van der Waals surface area contributed by atoms with Crippen LogP contribution in [0.2, 0.25) is 0 Å². The number of hydrogen-bond donors (Lipinski definition) is 1. The van der Waals surface area contributed by atoms with Crippen LogP contribution in [-0.2, 0) is 0 Å². The van der Waals surface area contributed by atoms with Crippen LogP contribution in [0.5, 0.6) is 0 Å². The molecule has 8 rings (SSSR count). The molecular weight excluding hydrogens is 593 g/mol. The fourth-order valence-electron chi connectivity index (χ4n) is 6.60. The van der Waals surface area contributed by atoms with Gasteiger partial charge in [0, 0.05) is 40.4 Å². The van der Waals surface area contributed by atoms with Crippen molar-refractivity contribution in [3.05, 3.63) is 211 Å². The second-order valence-corrected chi connectivity index (χ2v) is 12.3. The van der Waals surface area contributed by atoms with E-state index in [0.29, 0.717) is 0 Å². The van der Waals surface area contributed by atoms with Crippen molar-refractivity contribution in [2.45, 2.75) is 6.42 Å². The summed E-state index contributed by atoms with van der Waals surface area (Å²) in [7, 11) is 0. The molecule has 7 aromatic rings. The van der Waals surface area contributed by atoms with Crippen LogP contribution in [-0.4, -0.2) is 0 Å². The highest BCUT2D eigenvalue weighted by Crippen LogP contribution is 2.41. The van der Waals surface area contributed by atoms with Crippen molar-refractivity contribution in [2.24, 2.45) is 0 Å². The largest absolute Gasteiger partial charge is 0.355 e. The van der Waals surface area contributed by atoms with Gasteiger partial charge in [-0.15, -0.1) is 0 Å². The molecule has 1 aliphatic rings. The van der Waals surface area contributed by atoms with Crippen LogP contribution in [0.15, 0.2) is 206 Å². The summed E-state index contributed by atoms with van der Waals surface area (Å²) in [4.78, 5) is 2.36. The second kappa shape index (κ2) is 13.8. The lowest BCUT2D eigenvalue weighted by Crippen LogP contribution is -2.15. The van der Waals surface area contributed by atoms with E-state index in [1.54, 1.807) is 0 Å². The average molecular weight is 629 g/mol. The third-order valence-corrected chi connectivity index (χ3v) is 9.13. The van der Waals surface area contributed by atoms with Gasteiger partial charge < -0.3 is 10.2 Å². The molecule has 0 amide bonds. The number of benzene rings is 7. The Bertz CT molecular complexity index is 2180. The van der Waals surface area contributed by atoms with Crippen molar-refractivity contribution in [1.29, 1.82) is 0 Å². The zero-order valence-electron chi connectivity index (χ0n) is 27.2. The molecule has 234 valence electrons. The van der Waals surface area contributed by atoms with Gasteiger partial charge in [-0.25, -0.2) is 0 Å². The number of anilines is 4. The Kier molecular flexibility index (Phi) is 8.43. The second-order valence-electron chi connectivity index (χ2n) is 12.3. The lowest BCUT2D eigenvalue weighted by Gasteiger charge is -2.27. The van der Waals surface area contributed by atoms with Gasteiger partial charge >= 0.3 is 0 Å². The SMILES string of the molecule is C1=C(c2cc(-c3ccc(-c4ccc(-c5ccccc5)cc4)cc3)ccc2Nc2ccccc2)CC(N(c2ccccc2)c2ccccc2)=C1. The highest BCUT2D eigenvalue weighted by Gasteiger charge is 2.21. The Hall–Kier alpha value is -6.38. The molecule has 0 bridgehead atoms. The van der Waals surface area contributed by atoms with E-state index >= 15 is 0 Å². The monoisotopic (exact) mass is 628 g/mol. The molecule has 0 radical (unpaired) electrons. The molecule has 1 N–H and O–H groups in total. The number of nitrogens with one attached hydrogen (secondary N) is 1. The van der Waals surface area contributed by atoms with Crippen molar-refractivity contribution in [1.82, 2.24) is 0 Å². The summed E-state index contributed by atoms with van der Waals surface area (Å²) in [6.45, 7) is 0. The topological polar surface area (TPSA) is 15.3 Å². The maximum absolute atomic E-state index is 3.70. The summed E-state index contributed by atoms with van der Waals surface area (Å²) < 4.78 is 0. The summed E-state index contributed by atoms with van der Waals surface area (Å²) in [6, 6.07) is 66.8. The predicted octanol–water partition coefficient (Wildman–Crippen LogP) is 12.9. The first-order valence-corrected chi connectivity index (χ1v) is 16.8. The van der Waals surface area contributed by atoms with E-state index in [2.05, 4.69) is 204 Å². The van der Waals surface area contributed by atoms with Gasteiger partial charge in [0.15, 0.2) is 0 Å². The van der Waals surface area contributed by atoms with Crippen LogP contribution in [0.25, 0.3) is 39.0 Å². The fourth-order valence-corrected chi connectivity index (χ4v) is 6.60. The molecular formula is C47H36N2. The quantitative estimate of drug-likeness (QED) is 0.171. The van der Waals surface area contributed by atoms with E-state index in [0.717, 1.165) is 29.2 Å². The molecule has 0 spiro atoms. The van der Waals surface area contributed by atoms with Gasteiger partial charge in [0.2, 0.25) is 0 Å². The Morgan fingerprint density at radius 2 is 0.816 bits per heavy atom. The molecule has 0 aliphatic heterocycles. The first-order chi connectivity index (χ1) is 24.3. The standard InChI is InChI=1S/C47H36N2/c1-5-13-35(14-6-1)36-21-23-37(24-22-36)38-25-27-39(28-26-38)40-30-32-47(48-42-15-7-2-8-16-42)46(34-40)41-29-31-45(33-41)49(43-17-9-3-10-18-43)44-19-11-4-12-20-44/h1-32,34,48H,33H2. The molecule has 0 fully saturated rings. The van der Waals surface area contributed by atoms with Gasteiger partial charge in [-0.1, -0.05) is 146 Å². The Labute approximate surface area is 289 Å². The minimum absolute atomic E-state index is 0.814. The predicted molar refractivity (Wildman–Crippen MR) is 208 cm³/mol. The first-order valence-electron chi connectivity index (χ1n) is 16.8. The molecule has 2 heteroatoms. The van der Waals surface area contributed by atoms with Crippen molar-refractivity contribution in [2.75, 3.05) is 10.2 Å². The summed E-state index contributed by atoms with van der Waals surface area (Å²) in [5.41, 5.74) is 15.5. The van der Waals surface area contributed by atoms with E-state index in [4.69, 9.17) is 0 Å². The molecule has 1 aliphatic carbocycles. The lowest BCUT2D eigenvalue weighted by molar-refractivity contribution is 1.11. The van der Waals surface area contributed by atoms with E-state index in [1.165, 1.54) is 50.2 Å². The Morgan fingerprint density at radius 1 is 0.388 bits per heavy atom. The molecule has 0 atom stereocenters. The molecule has 2 nitrogen and oxygen atoms in total. The smallest absolute Gasteiger partial charge is 0.0461 e. The third-order valence-electron chi connectivity index (χ3n) is 9.13. The normalized spacial score (nSPS) is 12.2. The van der Waals surface area contributed by atoms with Crippen molar-refractivity contribution >= 4 is 28.3 Å².